The second-order valence-corrected chi connectivity index (χ2v) is 9.79. The van der Waals surface area contributed by atoms with Crippen LogP contribution in [-0.4, -0.2) is 27.1 Å². The molecule has 4 rings (SSSR count). The van der Waals surface area contributed by atoms with Crippen LogP contribution in [0, 0.1) is 0 Å². The van der Waals surface area contributed by atoms with E-state index in [1.54, 1.807) is 12.1 Å². The van der Waals surface area contributed by atoms with Gasteiger partial charge in [-0.25, -0.2) is 8.42 Å². The Hall–Kier alpha value is -2.64. The molecule has 2 heterocycles. The molecule has 1 aliphatic rings. The van der Waals surface area contributed by atoms with Crippen molar-refractivity contribution >= 4 is 38.5 Å². The van der Waals surface area contributed by atoms with E-state index >= 15 is 0 Å². The lowest BCUT2D eigenvalue weighted by molar-refractivity contribution is 0.102. The van der Waals surface area contributed by atoms with Gasteiger partial charge in [0, 0.05) is 35.6 Å². The first-order chi connectivity index (χ1) is 13.4. The van der Waals surface area contributed by atoms with Crippen molar-refractivity contribution in [1.29, 1.82) is 0 Å². The van der Waals surface area contributed by atoms with E-state index in [9.17, 15) is 13.2 Å². The molecule has 144 valence electrons. The number of rotatable bonds is 4. The Kier molecular flexibility index (Phi) is 4.95. The van der Waals surface area contributed by atoms with Crippen LogP contribution in [0.5, 0.6) is 0 Å². The summed E-state index contributed by atoms with van der Waals surface area (Å²) in [6.07, 6.45) is 2.15. The van der Waals surface area contributed by atoms with Gasteiger partial charge in [-0.1, -0.05) is 12.1 Å². The van der Waals surface area contributed by atoms with Gasteiger partial charge in [-0.05, 0) is 59.8 Å². The van der Waals surface area contributed by atoms with Crippen molar-refractivity contribution in [2.75, 3.05) is 23.0 Å². The lowest BCUT2D eigenvalue weighted by atomic mass is 10.1. The maximum Gasteiger partial charge on any atom is 0.256 e. The summed E-state index contributed by atoms with van der Waals surface area (Å²) in [5.74, 6) is -0.435. The summed E-state index contributed by atoms with van der Waals surface area (Å²) in [6, 6.07) is 16.1. The van der Waals surface area contributed by atoms with E-state index in [1.807, 2.05) is 35.6 Å². The van der Waals surface area contributed by atoms with Crippen molar-refractivity contribution in [1.82, 2.24) is 0 Å². The molecule has 28 heavy (non-hydrogen) atoms. The smallest absolute Gasteiger partial charge is 0.256 e. The number of carbonyl (C=O) groups excluding carboxylic acids is 1. The third kappa shape index (κ3) is 3.81. The van der Waals surface area contributed by atoms with Crippen LogP contribution >= 0.6 is 11.3 Å². The number of sulfone groups is 1. The molecule has 0 saturated heterocycles. The minimum absolute atomic E-state index is 0.0315. The molecular weight excluding hydrogens is 392 g/mol. The lowest BCUT2D eigenvalue weighted by Gasteiger charge is -2.29. The van der Waals surface area contributed by atoms with Crippen LogP contribution in [0.3, 0.4) is 0 Å². The number of benzene rings is 2. The Morgan fingerprint density at radius 2 is 1.82 bits per heavy atom. The Morgan fingerprint density at radius 3 is 2.57 bits per heavy atom. The van der Waals surface area contributed by atoms with Gasteiger partial charge in [-0.3, -0.25) is 4.79 Å². The van der Waals surface area contributed by atoms with Crippen molar-refractivity contribution < 1.29 is 13.2 Å². The first-order valence-corrected chi connectivity index (χ1v) is 11.7. The molecule has 0 bridgehead atoms. The largest absolute Gasteiger partial charge is 0.367 e. The van der Waals surface area contributed by atoms with E-state index in [0.29, 0.717) is 5.69 Å². The number of amides is 1. The van der Waals surface area contributed by atoms with Crippen LogP contribution in [0.1, 0.15) is 20.8 Å². The van der Waals surface area contributed by atoms with E-state index in [0.717, 1.165) is 31.5 Å². The van der Waals surface area contributed by atoms with E-state index < -0.39 is 15.7 Å². The third-order valence-electron chi connectivity index (χ3n) is 4.83. The van der Waals surface area contributed by atoms with E-state index in [1.165, 1.54) is 22.6 Å². The molecule has 1 amide bonds. The first kappa shape index (κ1) is 18.7. The summed E-state index contributed by atoms with van der Waals surface area (Å²) >= 11 is 1.82. The molecule has 0 aliphatic carbocycles. The van der Waals surface area contributed by atoms with Crippen LogP contribution in [0.15, 0.2) is 64.9 Å². The predicted octanol–water partition coefficient (Wildman–Crippen LogP) is 3.97. The molecule has 0 saturated carbocycles. The van der Waals surface area contributed by atoms with Gasteiger partial charge >= 0.3 is 0 Å². The number of nitrogens with zero attached hydrogens (tertiary/aromatic N) is 1. The monoisotopic (exact) mass is 412 g/mol. The van der Waals surface area contributed by atoms with Crippen LogP contribution in [-0.2, 0) is 22.8 Å². The van der Waals surface area contributed by atoms with Gasteiger partial charge in [-0.2, -0.15) is 0 Å². The number of carbonyl (C=O) groups is 1. The molecule has 0 fully saturated rings. The molecular formula is C21H20N2O3S2. The minimum Gasteiger partial charge on any atom is -0.367 e. The Balaban J connectivity index is 1.49. The van der Waals surface area contributed by atoms with Gasteiger partial charge in [-0.15, -0.1) is 11.3 Å². The Bertz CT molecular complexity index is 1120. The number of anilines is 2. The van der Waals surface area contributed by atoms with Gasteiger partial charge in [0.15, 0.2) is 9.84 Å². The minimum atomic E-state index is -3.48. The number of nitrogens with one attached hydrogen (secondary N) is 1. The van der Waals surface area contributed by atoms with Crippen molar-refractivity contribution in [2.24, 2.45) is 0 Å². The number of hydrogen-bond donors (Lipinski definition) is 1. The Labute approximate surface area is 168 Å². The van der Waals surface area contributed by atoms with Crippen LogP contribution in [0.4, 0.5) is 11.4 Å². The maximum absolute atomic E-state index is 12.6. The van der Waals surface area contributed by atoms with Crippen molar-refractivity contribution in [3.05, 3.63) is 76.0 Å². The van der Waals surface area contributed by atoms with Crippen molar-refractivity contribution in [2.45, 2.75) is 17.9 Å². The molecule has 0 spiro atoms. The quantitative estimate of drug-likeness (QED) is 0.704. The third-order valence-corrected chi connectivity index (χ3v) is 7.01. The van der Waals surface area contributed by atoms with Gasteiger partial charge in [0.1, 0.15) is 0 Å². The average Bonchev–Trinajstić information content (AvgIpc) is 3.16. The van der Waals surface area contributed by atoms with E-state index in [-0.39, 0.29) is 10.5 Å². The standard InChI is InChI=1S/C21H20N2O3S2/c1-28(25,26)20-5-3-2-4-18(20)21(24)22-16-6-8-17(9-7-16)23-12-10-19-15(14-23)11-13-27-19/h2-9,11,13H,10,12,14H2,1H3,(H,22,24). The second-order valence-electron chi connectivity index (χ2n) is 6.81. The summed E-state index contributed by atoms with van der Waals surface area (Å²) in [4.78, 5) is 16.4. The molecule has 3 aromatic rings. The van der Waals surface area contributed by atoms with Crippen molar-refractivity contribution in [3.8, 4) is 0 Å². The zero-order valence-corrected chi connectivity index (χ0v) is 17.0. The van der Waals surface area contributed by atoms with Gasteiger partial charge in [0.05, 0.1) is 10.5 Å². The summed E-state index contributed by atoms with van der Waals surface area (Å²) in [6.45, 7) is 1.87. The topological polar surface area (TPSA) is 66.5 Å². The summed E-state index contributed by atoms with van der Waals surface area (Å²) < 4.78 is 23.8. The molecule has 2 aromatic carbocycles. The van der Waals surface area contributed by atoms with Crippen LogP contribution < -0.4 is 10.2 Å². The maximum atomic E-state index is 12.6. The van der Waals surface area contributed by atoms with E-state index in [4.69, 9.17) is 0 Å². The van der Waals surface area contributed by atoms with E-state index in [2.05, 4.69) is 21.7 Å². The number of fused-ring (bicyclic) bond motifs is 1. The SMILES string of the molecule is CS(=O)(=O)c1ccccc1C(=O)Nc1ccc(N2CCc3sccc3C2)cc1. The summed E-state index contributed by atoms with van der Waals surface area (Å²) in [7, 11) is -3.48. The van der Waals surface area contributed by atoms with Crippen LogP contribution in [0.2, 0.25) is 0 Å². The number of hydrogen-bond acceptors (Lipinski definition) is 5. The van der Waals surface area contributed by atoms with Crippen molar-refractivity contribution in [3.63, 3.8) is 0 Å². The zero-order valence-electron chi connectivity index (χ0n) is 15.4. The fourth-order valence-corrected chi connectivity index (χ4v) is 5.18. The summed E-state index contributed by atoms with van der Waals surface area (Å²) in [5, 5.41) is 4.93. The Morgan fingerprint density at radius 1 is 1.07 bits per heavy atom. The molecule has 5 nitrogen and oxygen atoms in total. The fourth-order valence-electron chi connectivity index (χ4n) is 3.40. The highest BCUT2D eigenvalue weighted by Gasteiger charge is 2.19. The van der Waals surface area contributed by atoms with Gasteiger partial charge in [0.2, 0.25) is 0 Å². The molecule has 7 heteroatoms. The van der Waals surface area contributed by atoms with Gasteiger partial charge < -0.3 is 10.2 Å². The zero-order chi connectivity index (χ0) is 19.7. The first-order valence-electron chi connectivity index (χ1n) is 8.92. The average molecular weight is 413 g/mol. The highest BCUT2D eigenvalue weighted by Crippen LogP contribution is 2.28. The van der Waals surface area contributed by atoms with Crippen LogP contribution in [0.25, 0.3) is 0 Å². The highest BCUT2D eigenvalue weighted by atomic mass is 32.2. The molecule has 0 atom stereocenters. The predicted molar refractivity (Wildman–Crippen MR) is 113 cm³/mol. The normalized spacial score (nSPS) is 13.8. The molecule has 1 aliphatic heterocycles. The lowest BCUT2D eigenvalue weighted by Crippen LogP contribution is -2.29. The fraction of sp³-hybridized carbons (Fsp3) is 0.190. The van der Waals surface area contributed by atoms with Gasteiger partial charge in [0.25, 0.3) is 5.91 Å². The molecule has 1 aromatic heterocycles. The molecule has 0 unspecified atom stereocenters. The summed E-state index contributed by atoms with van der Waals surface area (Å²) in [5.41, 5.74) is 3.26. The second kappa shape index (κ2) is 7.41. The molecule has 0 radical (unpaired) electrons. The molecule has 1 N–H and O–H groups in total. The number of thiophene rings is 1. The highest BCUT2D eigenvalue weighted by molar-refractivity contribution is 7.90.